The van der Waals surface area contributed by atoms with Gasteiger partial charge in [-0.25, -0.2) is 15.0 Å². The minimum absolute atomic E-state index is 0.0854. The highest BCUT2D eigenvalue weighted by molar-refractivity contribution is 6.30. The van der Waals surface area contributed by atoms with Crippen LogP contribution in [0.3, 0.4) is 0 Å². The van der Waals surface area contributed by atoms with Gasteiger partial charge in [-0.2, -0.15) is 0 Å². The lowest BCUT2D eigenvalue weighted by molar-refractivity contribution is 0.239. The number of hydrogen-bond acceptors (Lipinski definition) is 5. The van der Waals surface area contributed by atoms with E-state index in [0.29, 0.717) is 23.9 Å². The van der Waals surface area contributed by atoms with Gasteiger partial charge < -0.3 is 4.98 Å². The van der Waals surface area contributed by atoms with Crippen molar-refractivity contribution >= 4 is 22.6 Å². The molecule has 0 amide bonds. The third kappa shape index (κ3) is 3.64. The summed E-state index contributed by atoms with van der Waals surface area (Å²) >= 11 is 5.95. The van der Waals surface area contributed by atoms with Gasteiger partial charge in [0, 0.05) is 48.2 Å². The average molecular weight is 404 g/mol. The number of aromatic amines is 1. The predicted octanol–water partition coefficient (Wildman–Crippen LogP) is 3.59. The third-order valence-electron chi connectivity index (χ3n) is 5.17. The molecule has 7 heteroatoms. The van der Waals surface area contributed by atoms with Crippen LogP contribution < -0.4 is 5.56 Å². The molecule has 29 heavy (non-hydrogen) atoms. The average Bonchev–Trinajstić information content (AvgIpc) is 2.74. The summed E-state index contributed by atoms with van der Waals surface area (Å²) in [6.45, 7) is 2.05. The zero-order chi connectivity index (χ0) is 19.8. The van der Waals surface area contributed by atoms with Crippen LogP contribution in [0.5, 0.6) is 0 Å². The Morgan fingerprint density at radius 3 is 2.79 bits per heavy atom. The number of halogens is 1. The predicted molar refractivity (Wildman–Crippen MR) is 113 cm³/mol. The maximum Gasteiger partial charge on any atom is 0.255 e. The van der Waals surface area contributed by atoms with Gasteiger partial charge in [-0.3, -0.25) is 9.69 Å². The Bertz CT molecular complexity index is 1250. The number of rotatable bonds is 3. The summed E-state index contributed by atoms with van der Waals surface area (Å²) in [5, 5.41) is 1.68. The van der Waals surface area contributed by atoms with Crippen LogP contribution in [0, 0.1) is 0 Å². The highest BCUT2D eigenvalue weighted by Crippen LogP contribution is 2.21. The molecule has 0 bridgehead atoms. The van der Waals surface area contributed by atoms with Gasteiger partial charge in [0.2, 0.25) is 0 Å². The summed E-state index contributed by atoms with van der Waals surface area (Å²) in [6, 6.07) is 15.3. The molecule has 0 saturated heterocycles. The van der Waals surface area contributed by atoms with Gasteiger partial charge in [-0.15, -0.1) is 0 Å². The van der Waals surface area contributed by atoms with E-state index in [1.165, 1.54) is 0 Å². The molecule has 0 fully saturated rings. The van der Waals surface area contributed by atoms with Crippen LogP contribution in [0.4, 0.5) is 0 Å². The first-order valence-electron chi connectivity index (χ1n) is 9.47. The molecule has 1 aromatic carbocycles. The maximum absolute atomic E-state index is 12.7. The van der Waals surface area contributed by atoms with Gasteiger partial charge in [0.25, 0.3) is 5.56 Å². The van der Waals surface area contributed by atoms with Crippen molar-refractivity contribution in [3.8, 4) is 11.4 Å². The number of H-pyrrole nitrogens is 1. The van der Waals surface area contributed by atoms with Crippen molar-refractivity contribution < 1.29 is 0 Å². The molecule has 0 spiro atoms. The van der Waals surface area contributed by atoms with E-state index in [9.17, 15) is 4.79 Å². The molecule has 0 unspecified atom stereocenters. The quantitative estimate of drug-likeness (QED) is 0.565. The van der Waals surface area contributed by atoms with E-state index >= 15 is 0 Å². The van der Waals surface area contributed by atoms with Crippen molar-refractivity contribution in [3.63, 3.8) is 0 Å². The van der Waals surface area contributed by atoms with Gasteiger partial charge in [-0.05, 0) is 48.5 Å². The lowest BCUT2D eigenvalue weighted by Gasteiger charge is -2.27. The molecule has 4 heterocycles. The Balaban J connectivity index is 1.39. The second kappa shape index (κ2) is 7.39. The number of hydrogen-bond donors (Lipinski definition) is 1. The van der Waals surface area contributed by atoms with E-state index in [4.69, 9.17) is 16.6 Å². The van der Waals surface area contributed by atoms with Crippen LogP contribution in [0.25, 0.3) is 22.4 Å². The summed E-state index contributed by atoms with van der Waals surface area (Å²) in [6.07, 6.45) is 2.48. The standard InChI is InChI=1S/C22H18ClN5O/c23-16-6-3-15(4-7-16)21-26-19-9-11-28(13-18(19)22(29)27-21)12-17-8-5-14-2-1-10-24-20(14)25-17/h1-8,10H,9,11-13H2,(H,26,27,29). The molecule has 6 nitrogen and oxygen atoms in total. The number of nitrogens with one attached hydrogen (secondary N) is 1. The van der Waals surface area contributed by atoms with Crippen molar-refractivity contribution in [3.05, 3.63) is 87.1 Å². The van der Waals surface area contributed by atoms with Crippen LogP contribution in [-0.2, 0) is 19.5 Å². The SMILES string of the molecule is O=c1[nH]c(-c2ccc(Cl)cc2)nc2c1CN(Cc1ccc3cccnc3n1)CC2. The van der Waals surface area contributed by atoms with Gasteiger partial charge >= 0.3 is 0 Å². The molecule has 5 rings (SSSR count). The first-order chi connectivity index (χ1) is 14.2. The monoisotopic (exact) mass is 403 g/mol. The van der Waals surface area contributed by atoms with Crippen molar-refractivity contribution in [2.45, 2.75) is 19.5 Å². The minimum Gasteiger partial charge on any atom is -0.306 e. The van der Waals surface area contributed by atoms with Crippen molar-refractivity contribution in [2.75, 3.05) is 6.54 Å². The zero-order valence-corrected chi connectivity index (χ0v) is 16.4. The number of fused-ring (bicyclic) bond motifs is 2. The molecule has 0 radical (unpaired) electrons. The first-order valence-corrected chi connectivity index (χ1v) is 9.84. The number of benzene rings is 1. The molecular formula is C22H18ClN5O. The lowest BCUT2D eigenvalue weighted by Crippen LogP contribution is -2.35. The molecule has 0 atom stereocenters. The van der Waals surface area contributed by atoms with Crippen LogP contribution in [-0.4, -0.2) is 31.4 Å². The van der Waals surface area contributed by atoms with Crippen LogP contribution in [0.1, 0.15) is 17.0 Å². The molecule has 0 saturated carbocycles. The smallest absolute Gasteiger partial charge is 0.255 e. The molecule has 3 aromatic heterocycles. The maximum atomic E-state index is 12.7. The van der Waals surface area contributed by atoms with Gasteiger partial charge in [0.1, 0.15) is 5.82 Å². The lowest BCUT2D eigenvalue weighted by atomic mass is 10.1. The summed E-state index contributed by atoms with van der Waals surface area (Å²) in [5.41, 5.74) is 4.05. The van der Waals surface area contributed by atoms with Crippen molar-refractivity contribution in [1.82, 2.24) is 24.8 Å². The van der Waals surface area contributed by atoms with Crippen LogP contribution in [0.2, 0.25) is 5.02 Å². The molecular weight excluding hydrogens is 386 g/mol. The fourth-order valence-electron chi connectivity index (χ4n) is 3.67. The second-order valence-corrected chi connectivity index (χ2v) is 7.60. The van der Waals surface area contributed by atoms with E-state index in [-0.39, 0.29) is 5.56 Å². The summed E-state index contributed by atoms with van der Waals surface area (Å²) in [7, 11) is 0. The number of aromatic nitrogens is 4. The van der Waals surface area contributed by atoms with Crippen molar-refractivity contribution in [2.24, 2.45) is 0 Å². The van der Waals surface area contributed by atoms with Crippen LogP contribution >= 0.6 is 11.6 Å². The largest absolute Gasteiger partial charge is 0.306 e. The van der Waals surface area contributed by atoms with Crippen molar-refractivity contribution in [1.29, 1.82) is 0 Å². The highest BCUT2D eigenvalue weighted by atomic mass is 35.5. The fraction of sp³-hybridized carbons (Fsp3) is 0.182. The molecule has 1 N–H and O–H groups in total. The normalized spacial score (nSPS) is 14.1. The minimum atomic E-state index is -0.0854. The molecule has 4 aromatic rings. The van der Waals surface area contributed by atoms with E-state index < -0.39 is 0 Å². The Morgan fingerprint density at radius 1 is 1.07 bits per heavy atom. The number of pyridine rings is 2. The van der Waals surface area contributed by atoms with Gasteiger partial charge in [0.15, 0.2) is 5.65 Å². The third-order valence-corrected chi connectivity index (χ3v) is 5.42. The Morgan fingerprint density at radius 2 is 1.93 bits per heavy atom. The van der Waals surface area contributed by atoms with E-state index in [1.54, 1.807) is 18.3 Å². The molecule has 1 aliphatic rings. The highest BCUT2D eigenvalue weighted by Gasteiger charge is 2.22. The zero-order valence-electron chi connectivity index (χ0n) is 15.6. The fourth-order valence-corrected chi connectivity index (χ4v) is 3.80. The van der Waals surface area contributed by atoms with E-state index in [0.717, 1.165) is 46.5 Å². The molecule has 1 aliphatic heterocycles. The van der Waals surface area contributed by atoms with E-state index in [2.05, 4.69) is 19.9 Å². The first kappa shape index (κ1) is 18.0. The summed E-state index contributed by atoms with van der Waals surface area (Å²) in [4.78, 5) is 31.5. The summed E-state index contributed by atoms with van der Waals surface area (Å²) < 4.78 is 0. The van der Waals surface area contributed by atoms with Gasteiger partial charge in [-0.1, -0.05) is 11.6 Å². The van der Waals surface area contributed by atoms with Gasteiger partial charge in [0.05, 0.1) is 17.0 Å². The Labute approximate surface area is 172 Å². The Hall–Kier alpha value is -3.09. The van der Waals surface area contributed by atoms with Crippen LogP contribution in [0.15, 0.2) is 59.5 Å². The topological polar surface area (TPSA) is 74.8 Å². The second-order valence-electron chi connectivity index (χ2n) is 7.16. The Kier molecular flexibility index (Phi) is 4.58. The van der Waals surface area contributed by atoms with E-state index in [1.807, 2.05) is 36.4 Å². The molecule has 0 aliphatic carbocycles. The summed E-state index contributed by atoms with van der Waals surface area (Å²) in [5.74, 6) is 0.584. The molecule has 144 valence electrons. The number of nitrogens with zero attached hydrogens (tertiary/aromatic N) is 4.